The molecule has 0 aliphatic carbocycles. The average Bonchev–Trinajstić information content (AvgIpc) is 3.11. The quantitative estimate of drug-likeness (QED) is 0.715. The van der Waals surface area contributed by atoms with Crippen LogP contribution in [-0.2, 0) is 6.54 Å². The Morgan fingerprint density at radius 3 is 2.77 bits per heavy atom. The van der Waals surface area contributed by atoms with E-state index in [0.29, 0.717) is 5.56 Å². The van der Waals surface area contributed by atoms with Crippen LogP contribution in [0, 0.1) is 0 Å². The highest BCUT2D eigenvalue weighted by Crippen LogP contribution is 2.28. The molecule has 134 valence electrons. The van der Waals surface area contributed by atoms with Gasteiger partial charge in [-0.15, -0.1) is 0 Å². The number of fused-ring (bicyclic) bond motifs is 1. The standard InChI is InChI=1S/C21H24N4O/c1-3-25-20-18(14-22-25)17(21(26)24-12-8-7-9-15(24)2)13-19(23-20)16-10-5-4-6-11-16/h4-6,10-11,13-15H,3,7-9,12H2,1-2H3/t15-/m1/s1. The number of carbonyl (C=O) groups is 1. The third kappa shape index (κ3) is 2.87. The topological polar surface area (TPSA) is 51.0 Å². The summed E-state index contributed by atoms with van der Waals surface area (Å²) in [4.78, 5) is 20.2. The van der Waals surface area contributed by atoms with Crippen molar-refractivity contribution in [2.75, 3.05) is 6.54 Å². The number of aryl methyl sites for hydroxylation is 1. The second-order valence-corrected chi connectivity index (χ2v) is 6.96. The molecule has 26 heavy (non-hydrogen) atoms. The zero-order chi connectivity index (χ0) is 18.1. The molecule has 3 aromatic rings. The zero-order valence-electron chi connectivity index (χ0n) is 15.4. The molecule has 4 rings (SSSR count). The van der Waals surface area contributed by atoms with Gasteiger partial charge in [0.2, 0.25) is 0 Å². The van der Waals surface area contributed by atoms with E-state index in [0.717, 1.165) is 48.2 Å². The minimum atomic E-state index is 0.0948. The van der Waals surface area contributed by atoms with E-state index in [-0.39, 0.29) is 11.9 Å². The molecule has 1 atom stereocenters. The van der Waals surface area contributed by atoms with E-state index in [9.17, 15) is 4.79 Å². The second kappa shape index (κ2) is 6.90. The lowest BCUT2D eigenvalue weighted by molar-refractivity contribution is 0.0637. The third-order valence-electron chi connectivity index (χ3n) is 5.27. The number of likely N-dealkylation sites (tertiary alicyclic amines) is 1. The van der Waals surface area contributed by atoms with Crippen molar-refractivity contribution >= 4 is 16.9 Å². The summed E-state index contributed by atoms with van der Waals surface area (Å²) in [7, 11) is 0. The first kappa shape index (κ1) is 16.8. The lowest BCUT2D eigenvalue weighted by Crippen LogP contribution is -2.42. The van der Waals surface area contributed by atoms with Crippen LogP contribution < -0.4 is 0 Å². The summed E-state index contributed by atoms with van der Waals surface area (Å²) in [5.74, 6) is 0.0948. The van der Waals surface area contributed by atoms with Crippen molar-refractivity contribution in [1.82, 2.24) is 19.7 Å². The lowest BCUT2D eigenvalue weighted by Gasteiger charge is -2.33. The predicted octanol–water partition coefficient (Wildman–Crippen LogP) is 4.13. The summed E-state index contributed by atoms with van der Waals surface area (Å²) in [6.07, 6.45) is 5.12. The SMILES string of the molecule is CCn1ncc2c(C(=O)N3CCCC[C@H]3C)cc(-c3ccccc3)nc21. The molecule has 0 saturated carbocycles. The minimum Gasteiger partial charge on any atom is -0.336 e. The number of benzene rings is 1. The number of pyridine rings is 1. The van der Waals surface area contributed by atoms with Gasteiger partial charge in [0, 0.05) is 24.7 Å². The molecule has 5 heteroatoms. The van der Waals surface area contributed by atoms with Crippen LogP contribution >= 0.6 is 0 Å². The summed E-state index contributed by atoms with van der Waals surface area (Å²) >= 11 is 0. The Balaban J connectivity index is 1.87. The van der Waals surface area contributed by atoms with Gasteiger partial charge in [0.25, 0.3) is 5.91 Å². The predicted molar refractivity (Wildman–Crippen MR) is 103 cm³/mol. The highest BCUT2D eigenvalue weighted by atomic mass is 16.2. The zero-order valence-corrected chi connectivity index (χ0v) is 15.4. The number of hydrogen-bond donors (Lipinski definition) is 0. The maximum Gasteiger partial charge on any atom is 0.254 e. The van der Waals surface area contributed by atoms with Crippen LogP contribution in [0.5, 0.6) is 0 Å². The lowest BCUT2D eigenvalue weighted by atomic mass is 10.0. The number of aromatic nitrogens is 3. The molecular weight excluding hydrogens is 324 g/mol. The average molecular weight is 348 g/mol. The van der Waals surface area contributed by atoms with E-state index in [1.807, 2.05) is 52.9 Å². The molecule has 3 heterocycles. The number of rotatable bonds is 3. The van der Waals surface area contributed by atoms with E-state index < -0.39 is 0 Å². The number of nitrogens with zero attached hydrogens (tertiary/aromatic N) is 4. The highest BCUT2D eigenvalue weighted by Gasteiger charge is 2.27. The summed E-state index contributed by atoms with van der Waals surface area (Å²) in [6, 6.07) is 12.2. The molecule has 0 radical (unpaired) electrons. The maximum atomic E-state index is 13.4. The van der Waals surface area contributed by atoms with Gasteiger partial charge in [-0.2, -0.15) is 5.10 Å². The fraction of sp³-hybridized carbons (Fsp3) is 0.381. The first-order chi connectivity index (χ1) is 12.7. The van der Waals surface area contributed by atoms with Crippen LogP contribution in [0.15, 0.2) is 42.6 Å². The molecule has 1 fully saturated rings. The molecule has 0 unspecified atom stereocenters. The van der Waals surface area contributed by atoms with E-state index in [1.54, 1.807) is 6.20 Å². The van der Waals surface area contributed by atoms with Gasteiger partial charge in [-0.05, 0) is 39.2 Å². The summed E-state index contributed by atoms with van der Waals surface area (Å²) in [5, 5.41) is 5.28. The first-order valence-corrected chi connectivity index (χ1v) is 9.42. The number of hydrogen-bond acceptors (Lipinski definition) is 3. The van der Waals surface area contributed by atoms with Gasteiger partial charge in [-0.3, -0.25) is 4.79 Å². The van der Waals surface area contributed by atoms with Gasteiger partial charge in [0.1, 0.15) is 0 Å². The fourth-order valence-corrected chi connectivity index (χ4v) is 3.77. The minimum absolute atomic E-state index is 0.0948. The van der Waals surface area contributed by atoms with E-state index in [4.69, 9.17) is 4.98 Å². The fourth-order valence-electron chi connectivity index (χ4n) is 3.77. The smallest absolute Gasteiger partial charge is 0.254 e. The van der Waals surface area contributed by atoms with Crippen LogP contribution in [-0.4, -0.2) is 38.2 Å². The Labute approximate surface area is 153 Å². The summed E-state index contributed by atoms with van der Waals surface area (Å²) in [5.41, 5.74) is 3.32. The van der Waals surface area contributed by atoms with Crippen molar-refractivity contribution in [3.8, 4) is 11.3 Å². The number of piperidine rings is 1. The van der Waals surface area contributed by atoms with Gasteiger partial charge >= 0.3 is 0 Å². The number of amides is 1. The molecule has 0 bridgehead atoms. The molecule has 0 spiro atoms. The summed E-state index contributed by atoms with van der Waals surface area (Å²) < 4.78 is 1.86. The molecule has 5 nitrogen and oxygen atoms in total. The largest absolute Gasteiger partial charge is 0.336 e. The molecule has 1 saturated heterocycles. The Morgan fingerprint density at radius 1 is 1.23 bits per heavy atom. The van der Waals surface area contributed by atoms with Gasteiger partial charge in [-0.1, -0.05) is 30.3 Å². The van der Waals surface area contributed by atoms with Crippen LogP contribution in [0.2, 0.25) is 0 Å². The Bertz CT molecular complexity index is 932. The van der Waals surface area contributed by atoms with Gasteiger partial charge < -0.3 is 4.90 Å². The number of carbonyl (C=O) groups excluding carboxylic acids is 1. The first-order valence-electron chi connectivity index (χ1n) is 9.42. The van der Waals surface area contributed by atoms with Gasteiger partial charge in [0.05, 0.1) is 22.8 Å². The van der Waals surface area contributed by atoms with Crippen molar-refractivity contribution < 1.29 is 4.79 Å². The van der Waals surface area contributed by atoms with Crippen molar-refractivity contribution in [2.45, 2.75) is 45.7 Å². The second-order valence-electron chi connectivity index (χ2n) is 6.96. The molecule has 1 aliphatic rings. The molecule has 2 aromatic heterocycles. The monoisotopic (exact) mass is 348 g/mol. The maximum absolute atomic E-state index is 13.4. The van der Waals surface area contributed by atoms with Gasteiger partial charge in [-0.25, -0.2) is 9.67 Å². The van der Waals surface area contributed by atoms with Crippen molar-refractivity contribution in [3.05, 3.63) is 48.2 Å². The third-order valence-corrected chi connectivity index (χ3v) is 5.27. The Kier molecular flexibility index (Phi) is 4.45. The molecule has 1 aliphatic heterocycles. The van der Waals surface area contributed by atoms with Crippen molar-refractivity contribution in [1.29, 1.82) is 0 Å². The van der Waals surface area contributed by atoms with E-state index in [2.05, 4.69) is 12.0 Å². The molecular formula is C21H24N4O. The van der Waals surface area contributed by atoms with Gasteiger partial charge in [0.15, 0.2) is 5.65 Å². The van der Waals surface area contributed by atoms with Crippen LogP contribution in [0.1, 0.15) is 43.5 Å². The molecule has 1 aromatic carbocycles. The molecule has 1 amide bonds. The van der Waals surface area contributed by atoms with Crippen LogP contribution in [0.3, 0.4) is 0 Å². The molecule has 0 N–H and O–H groups in total. The van der Waals surface area contributed by atoms with E-state index >= 15 is 0 Å². The Morgan fingerprint density at radius 2 is 2.04 bits per heavy atom. The Hall–Kier alpha value is -2.69. The normalized spacial score (nSPS) is 17.6. The van der Waals surface area contributed by atoms with E-state index in [1.165, 1.54) is 6.42 Å². The van der Waals surface area contributed by atoms with Crippen LogP contribution in [0.4, 0.5) is 0 Å². The summed E-state index contributed by atoms with van der Waals surface area (Å²) in [6.45, 7) is 5.73. The highest BCUT2D eigenvalue weighted by molar-refractivity contribution is 6.06. The van der Waals surface area contributed by atoms with Crippen molar-refractivity contribution in [3.63, 3.8) is 0 Å². The van der Waals surface area contributed by atoms with Crippen molar-refractivity contribution in [2.24, 2.45) is 0 Å². The van der Waals surface area contributed by atoms with Crippen LogP contribution in [0.25, 0.3) is 22.3 Å².